The zero-order chi connectivity index (χ0) is 52.2. The SMILES string of the molecule is CCOC(=O)c1c(N(Cc2c(F)cccc2F)C(=O)OCC)sc(-c2ccc(NNc3ccc(-c4sc(N(Cc5c(F)cccc5F)C(=O)OCC)c(C(=O)OCC)c4CN(C)C)cc3)cc2)c1CN(C)C. The van der Waals surface area contributed by atoms with Crippen LogP contribution in [0.15, 0.2) is 84.9 Å². The molecule has 2 N–H and O–H groups in total. The number of amides is 2. The zero-order valence-corrected chi connectivity index (χ0v) is 42.8. The Hall–Kier alpha value is -7.00. The molecule has 0 fully saturated rings. The molecule has 0 aliphatic carbocycles. The van der Waals surface area contributed by atoms with Gasteiger partial charge in [-0.3, -0.25) is 9.80 Å². The number of anilines is 4. The Kier molecular flexibility index (Phi) is 18.8. The second-order valence-electron chi connectivity index (χ2n) is 16.5. The van der Waals surface area contributed by atoms with Crippen LogP contribution in [0.4, 0.5) is 48.5 Å². The summed E-state index contributed by atoms with van der Waals surface area (Å²) < 4.78 is 81.9. The first-order valence-corrected chi connectivity index (χ1v) is 24.6. The monoisotopic (exact) mass is 1030 g/mol. The molecule has 0 unspecified atom stereocenters. The molecule has 2 aromatic heterocycles. The van der Waals surface area contributed by atoms with E-state index in [1.807, 2.05) is 62.3 Å². The van der Waals surface area contributed by atoms with Gasteiger partial charge in [0.25, 0.3) is 0 Å². The van der Waals surface area contributed by atoms with Gasteiger partial charge in [-0.15, -0.1) is 22.7 Å². The van der Waals surface area contributed by atoms with Crippen molar-refractivity contribution in [1.29, 1.82) is 0 Å². The quantitative estimate of drug-likeness (QED) is 0.0307. The van der Waals surface area contributed by atoms with Gasteiger partial charge >= 0.3 is 24.1 Å². The van der Waals surface area contributed by atoms with E-state index in [0.717, 1.165) is 56.7 Å². The number of benzene rings is 4. The van der Waals surface area contributed by atoms with E-state index < -0.39 is 60.5 Å². The lowest BCUT2D eigenvalue weighted by Gasteiger charge is -2.22. The molecule has 0 spiro atoms. The third-order valence-electron chi connectivity index (χ3n) is 10.8. The summed E-state index contributed by atoms with van der Waals surface area (Å²) >= 11 is 2.19. The van der Waals surface area contributed by atoms with Crippen molar-refractivity contribution in [3.8, 4) is 20.9 Å². The Balaban J connectivity index is 1.33. The van der Waals surface area contributed by atoms with E-state index in [4.69, 9.17) is 18.9 Å². The number of hydrogen-bond acceptors (Lipinski definition) is 14. The predicted molar refractivity (Wildman–Crippen MR) is 273 cm³/mol. The molecule has 6 aromatic rings. The normalized spacial score (nSPS) is 11.1. The highest BCUT2D eigenvalue weighted by atomic mass is 32.1. The third kappa shape index (κ3) is 12.7. The molecule has 72 heavy (non-hydrogen) atoms. The maximum absolute atomic E-state index is 15.1. The third-order valence-corrected chi connectivity index (χ3v) is 13.4. The highest BCUT2D eigenvalue weighted by Crippen LogP contribution is 2.46. The van der Waals surface area contributed by atoms with Gasteiger partial charge in [-0.05, 0) is 116 Å². The number of ether oxygens (including phenoxy) is 4. The van der Waals surface area contributed by atoms with Crippen LogP contribution in [0.25, 0.3) is 20.9 Å². The van der Waals surface area contributed by atoms with E-state index in [1.54, 1.807) is 52.0 Å². The fourth-order valence-electron chi connectivity index (χ4n) is 7.59. The molecule has 0 saturated carbocycles. The number of hydrazine groups is 1. The van der Waals surface area contributed by atoms with Crippen LogP contribution < -0.4 is 20.7 Å². The van der Waals surface area contributed by atoms with Gasteiger partial charge in [-0.2, -0.15) is 0 Å². The lowest BCUT2D eigenvalue weighted by Crippen LogP contribution is -2.32. The smallest absolute Gasteiger partial charge is 0.415 e. The number of esters is 2. The average molecular weight is 1030 g/mol. The fourth-order valence-corrected chi connectivity index (χ4v) is 10.2. The molecule has 0 saturated heterocycles. The summed E-state index contributed by atoms with van der Waals surface area (Å²) in [5, 5.41) is 0.209. The highest BCUT2D eigenvalue weighted by molar-refractivity contribution is 7.20. The fraction of sp³-hybridized carbons (Fsp3) is 0.308. The number of nitrogens with one attached hydrogen (secondary N) is 2. The minimum absolute atomic E-state index is 0.0305. The van der Waals surface area contributed by atoms with Crippen LogP contribution >= 0.6 is 22.7 Å². The van der Waals surface area contributed by atoms with E-state index in [1.165, 1.54) is 12.1 Å². The number of thiophene rings is 2. The largest absolute Gasteiger partial charge is 0.462 e. The van der Waals surface area contributed by atoms with Gasteiger partial charge in [-0.1, -0.05) is 36.4 Å². The summed E-state index contributed by atoms with van der Waals surface area (Å²) in [6, 6.07) is 21.3. The molecule has 0 aliphatic heterocycles. The van der Waals surface area contributed by atoms with Crippen LogP contribution in [0.5, 0.6) is 0 Å². The lowest BCUT2D eigenvalue weighted by molar-refractivity contribution is 0.0516. The molecule has 2 heterocycles. The van der Waals surface area contributed by atoms with Crippen molar-refractivity contribution >= 4 is 68.2 Å². The molecule has 2 amide bonds. The first-order valence-electron chi connectivity index (χ1n) is 22.9. The van der Waals surface area contributed by atoms with Crippen molar-refractivity contribution in [2.45, 2.75) is 53.9 Å². The number of hydrogen-bond donors (Lipinski definition) is 2. The van der Waals surface area contributed by atoms with Crippen molar-refractivity contribution in [3.63, 3.8) is 0 Å². The maximum Gasteiger partial charge on any atom is 0.415 e. The second-order valence-corrected chi connectivity index (χ2v) is 18.5. The Bertz CT molecular complexity index is 2640. The molecular weight excluding hydrogens is 977 g/mol. The predicted octanol–water partition coefficient (Wildman–Crippen LogP) is 11.9. The summed E-state index contributed by atoms with van der Waals surface area (Å²) in [6.45, 7) is 5.86. The molecule has 0 bridgehead atoms. The van der Waals surface area contributed by atoms with Crippen LogP contribution in [-0.4, -0.2) is 88.5 Å². The van der Waals surface area contributed by atoms with Crippen LogP contribution in [-0.2, 0) is 45.1 Å². The van der Waals surface area contributed by atoms with E-state index in [0.29, 0.717) is 43.4 Å². The molecule has 0 atom stereocenters. The van der Waals surface area contributed by atoms with E-state index in [2.05, 4.69) is 10.9 Å². The van der Waals surface area contributed by atoms with Gasteiger partial charge in [0.15, 0.2) is 0 Å². The van der Waals surface area contributed by atoms with E-state index >= 15 is 17.6 Å². The van der Waals surface area contributed by atoms with E-state index in [-0.39, 0.29) is 71.8 Å². The standard InChI is InChI=1S/C52H56F4N6O8S2/c1-9-67-49(63)43-37(27-59(5)6)45(71-47(43)61(51(65)69-11-3)29-35-39(53)15-13-16-40(35)54)31-19-23-33(24-20-31)57-58-34-25-21-32(22-26-34)46-38(28-60(7)8)44(50(64)68-10-2)48(72-46)62(52(66)70-12-4)30-36-41(55)17-14-18-42(36)56/h13-26,57-58H,9-12,27-30H2,1-8H3. The molecule has 14 nitrogen and oxygen atoms in total. The Morgan fingerprint density at radius 1 is 0.458 bits per heavy atom. The Morgan fingerprint density at radius 2 is 0.778 bits per heavy atom. The Labute approximate surface area is 423 Å². The average Bonchev–Trinajstić information content (AvgIpc) is 3.89. The molecular formula is C52H56F4N6O8S2. The minimum Gasteiger partial charge on any atom is -0.462 e. The number of halogens is 4. The summed E-state index contributed by atoms with van der Waals surface area (Å²) in [4.78, 5) is 61.8. The number of carbonyl (C=O) groups excluding carboxylic acids is 4. The number of rotatable bonds is 21. The van der Waals surface area contributed by atoms with Crippen LogP contribution in [0, 0.1) is 23.3 Å². The summed E-state index contributed by atoms with van der Waals surface area (Å²) in [5.41, 5.74) is 9.45. The highest BCUT2D eigenvalue weighted by Gasteiger charge is 2.35. The molecule has 4 aromatic carbocycles. The summed E-state index contributed by atoms with van der Waals surface area (Å²) in [5.74, 6) is -4.90. The summed E-state index contributed by atoms with van der Waals surface area (Å²) in [7, 11) is 7.28. The summed E-state index contributed by atoms with van der Waals surface area (Å²) in [6.07, 6.45) is -1.81. The lowest BCUT2D eigenvalue weighted by atomic mass is 10.0. The van der Waals surface area contributed by atoms with Crippen LogP contribution in [0.3, 0.4) is 0 Å². The van der Waals surface area contributed by atoms with Crippen molar-refractivity contribution in [1.82, 2.24) is 9.80 Å². The van der Waals surface area contributed by atoms with Gasteiger partial charge in [0.05, 0.1) is 62.0 Å². The maximum atomic E-state index is 15.1. The second kappa shape index (κ2) is 24.9. The number of nitrogens with zero attached hydrogens (tertiary/aromatic N) is 4. The topological polar surface area (TPSA) is 142 Å². The molecule has 20 heteroatoms. The van der Waals surface area contributed by atoms with Gasteiger partial charge in [-0.25, -0.2) is 36.7 Å². The van der Waals surface area contributed by atoms with Gasteiger partial charge in [0.2, 0.25) is 0 Å². The Morgan fingerprint density at radius 3 is 1.07 bits per heavy atom. The van der Waals surface area contributed by atoms with Crippen molar-refractivity contribution in [2.24, 2.45) is 0 Å². The van der Waals surface area contributed by atoms with Crippen LogP contribution in [0.2, 0.25) is 0 Å². The molecule has 382 valence electrons. The van der Waals surface area contributed by atoms with Crippen molar-refractivity contribution in [3.05, 3.63) is 142 Å². The van der Waals surface area contributed by atoms with Gasteiger partial charge in [0.1, 0.15) is 33.3 Å². The van der Waals surface area contributed by atoms with Crippen molar-refractivity contribution in [2.75, 3.05) is 75.3 Å². The molecule has 0 radical (unpaired) electrons. The van der Waals surface area contributed by atoms with Gasteiger partial charge < -0.3 is 39.6 Å². The molecule has 0 aliphatic rings. The first-order chi connectivity index (χ1) is 34.5. The number of carbonyl (C=O) groups is 4. The zero-order valence-electron chi connectivity index (χ0n) is 41.1. The van der Waals surface area contributed by atoms with Gasteiger partial charge in [0, 0.05) is 45.1 Å². The molecule has 6 rings (SSSR count). The first kappa shape index (κ1) is 54.3. The van der Waals surface area contributed by atoms with Crippen molar-refractivity contribution < 1.29 is 55.7 Å². The minimum atomic E-state index is -0.903. The van der Waals surface area contributed by atoms with Crippen LogP contribution in [0.1, 0.15) is 70.7 Å². The van der Waals surface area contributed by atoms with E-state index in [9.17, 15) is 19.2 Å².